The van der Waals surface area contributed by atoms with Crippen LogP contribution in [-0.2, 0) is 16.6 Å². The van der Waals surface area contributed by atoms with Crippen LogP contribution in [0.1, 0.15) is 5.56 Å². The van der Waals surface area contributed by atoms with Gasteiger partial charge in [-0.1, -0.05) is 0 Å². The Morgan fingerprint density at radius 3 is 2.89 bits per heavy atom. The van der Waals surface area contributed by atoms with Crippen LogP contribution in [0.15, 0.2) is 29.7 Å². The summed E-state index contributed by atoms with van der Waals surface area (Å²) in [5.74, 6) is -0.769. The summed E-state index contributed by atoms with van der Waals surface area (Å²) in [7, 11) is -3.95. The second-order valence-corrected chi connectivity index (χ2v) is 5.01. The van der Waals surface area contributed by atoms with Crippen LogP contribution >= 0.6 is 0 Å². The van der Waals surface area contributed by atoms with Crippen LogP contribution in [0, 0.1) is 5.82 Å². The highest BCUT2D eigenvalue weighted by Crippen LogP contribution is 2.18. The van der Waals surface area contributed by atoms with E-state index in [9.17, 15) is 12.8 Å². The molecule has 96 valence electrons. The molecular formula is C9H10FN5O2S. The van der Waals surface area contributed by atoms with Gasteiger partial charge in [0.15, 0.2) is 10.8 Å². The summed E-state index contributed by atoms with van der Waals surface area (Å²) in [5.41, 5.74) is 5.50. The number of hydrogen-bond donors (Lipinski definition) is 3. The Kier molecular flexibility index (Phi) is 3.26. The summed E-state index contributed by atoms with van der Waals surface area (Å²) in [6.07, 6.45) is 3.49. The van der Waals surface area contributed by atoms with Crippen molar-refractivity contribution in [2.75, 3.05) is 4.72 Å². The SMILES string of the molecule is NCc1cn[nH]c1S(=O)(=O)Nc1ccncc1F. The van der Waals surface area contributed by atoms with Crippen molar-refractivity contribution in [3.63, 3.8) is 0 Å². The molecule has 2 aromatic heterocycles. The topological polar surface area (TPSA) is 114 Å². The number of halogens is 1. The number of H-pyrrole nitrogens is 1. The number of aromatic amines is 1. The summed E-state index contributed by atoms with van der Waals surface area (Å²) >= 11 is 0. The zero-order chi connectivity index (χ0) is 13.2. The van der Waals surface area contributed by atoms with Gasteiger partial charge in [0.05, 0.1) is 18.1 Å². The fraction of sp³-hybridized carbons (Fsp3) is 0.111. The van der Waals surface area contributed by atoms with Gasteiger partial charge in [0.1, 0.15) is 0 Å². The Morgan fingerprint density at radius 1 is 1.44 bits per heavy atom. The third-order valence-corrected chi connectivity index (χ3v) is 3.56. The first-order chi connectivity index (χ1) is 8.54. The number of sulfonamides is 1. The third kappa shape index (κ3) is 2.31. The minimum absolute atomic E-state index is 0.00553. The number of pyridine rings is 1. The molecular weight excluding hydrogens is 261 g/mol. The van der Waals surface area contributed by atoms with Gasteiger partial charge in [0.25, 0.3) is 10.0 Å². The zero-order valence-electron chi connectivity index (χ0n) is 9.09. The first-order valence-electron chi connectivity index (χ1n) is 4.89. The summed E-state index contributed by atoms with van der Waals surface area (Å²) in [4.78, 5) is 3.52. The predicted molar refractivity (Wildman–Crippen MR) is 61.5 cm³/mol. The molecule has 0 spiro atoms. The normalized spacial score (nSPS) is 11.4. The quantitative estimate of drug-likeness (QED) is 0.735. The van der Waals surface area contributed by atoms with E-state index >= 15 is 0 Å². The van der Waals surface area contributed by atoms with Crippen molar-refractivity contribution in [1.29, 1.82) is 0 Å². The molecule has 0 atom stereocenters. The zero-order valence-corrected chi connectivity index (χ0v) is 9.91. The molecule has 7 nitrogen and oxygen atoms in total. The molecule has 2 heterocycles. The maximum Gasteiger partial charge on any atom is 0.279 e. The Balaban J connectivity index is 2.37. The largest absolute Gasteiger partial charge is 0.326 e. The van der Waals surface area contributed by atoms with Crippen LogP contribution < -0.4 is 10.5 Å². The van der Waals surface area contributed by atoms with Gasteiger partial charge in [0, 0.05) is 18.3 Å². The van der Waals surface area contributed by atoms with Gasteiger partial charge in [0.2, 0.25) is 0 Å². The summed E-state index contributed by atoms with van der Waals surface area (Å²) in [5, 5.41) is 5.73. The number of hydrogen-bond acceptors (Lipinski definition) is 5. The van der Waals surface area contributed by atoms with Crippen molar-refractivity contribution in [1.82, 2.24) is 15.2 Å². The lowest BCUT2D eigenvalue weighted by Crippen LogP contribution is -2.17. The Morgan fingerprint density at radius 2 is 2.22 bits per heavy atom. The van der Waals surface area contributed by atoms with Gasteiger partial charge in [-0.05, 0) is 6.07 Å². The molecule has 9 heteroatoms. The minimum atomic E-state index is -3.95. The number of nitrogens with zero attached hydrogens (tertiary/aromatic N) is 2. The molecule has 0 saturated carbocycles. The highest BCUT2D eigenvalue weighted by atomic mass is 32.2. The van der Waals surface area contributed by atoms with E-state index < -0.39 is 15.8 Å². The Labute approximate surface area is 102 Å². The lowest BCUT2D eigenvalue weighted by Gasteiger charge is -2.07. The third-order valence-electron chi connectivity index (χ3n) is 2.18. The van der Waals surface area contributed by atoms with Crippen molar-refractivity contribution in [3.05, 3.63) is 36.0 Å². The van der Waals surface area contributed by atoms with Crippen molar-refractivity contribution >= 4 is 15.7 Å². The van der Waals surface area contributed by atoms with Gasteiger partial charge in [-0.15, -0.1) is 0 Å². The molecule has 0 unspecified atom stereocenters. The van der Waals surface area contributed by atoms with E-state index in [1.165, 1.54) is 18.5 Å². The second kappa shape index (κ2) is 4.70. The van der Waals surface area contributed by atoms with Crippen molar-refractivity contribution in [2.24, 2.45) is 5.73 Å². The molecule has 2 rings (SSSR count). The van der Waals surface area contributed by atoms with E-state index in [4.69, 9.17) is 5.73 Å². The molecule has 0 amide bonds. The summed E-state index contributed by atoms with van der Waals surface area (Å²) in [6, 6.07) is 1.21. The van der Waals surface area contributed by atoms with Crippen LogP contribution in [0.2, 0.25) is 0 Å². The molecule has 0 aromatic carbocycles. The van der Waals surface area contributed by atoms with E-state index in [1.54, 1.807) is 0 Å². The first-order valence-corrected chi connectivity index (χ1v) is 6.37. The maximum absolute atomic E-state index is 13.3. The molecule has 4 N–H and O–H groups in total. The number of nitrogens with two attached hydrogens (primary N) is 1. The van der Waals surface area contributed by atoms with E-state index in [1.807, 2.05) is 0 Å². The van der Waals surface area contributed by atoms with E-state index in [2.05, 4.69) is 19.9 Å². The Hall–Kier alpha value is -2.00. The Bertz CT molecular complexity index is 654. The highest BCUT2D eigenvalue weighted by Gasteiger charge is 2.21. The molecule has 0 aliphatic rings. The average molecular weight is 271 g/mol. The first kappa shape index (κ1) is 12.5. The molecule has 0 radical (unpaired) electrons. The van der Waals surface area contributed by atoms with Crippen LogP contribution in [0.4, 0.5) is 10.1 Å². The number of nitrogens with one attached hydrogen (secondary N) is 2. The lowest BCUT2D eigenvalue weighted by molar-refractivity contribution is 0.593. The standard InChI is InChI=1S/C9H10FN5O2S/c10-7-5-12-2-1-8(7)15-18(16,17)9-6(3-11)4-13-14-9/h1-2,4-5H,3,11H2,(H,12,15)(H,13,14). The number of aromatic nitrogens is 3. The van der Waals surface area contributed by atoms with Crippen molar-refractivity contribution in [3.8, 4) is 0 Å². The van der Waals surface area contributed by atoms with E-state index in [-0.39, 0.29) is 17.3 Å². The van der Waals surface area contributed by atoms with Crippen molar-refractivity contribution in [2.45, 2.75) is 11.6 Å². The summed E-state index contributed by atoms with van der Waals surface area (Å²) in [6.45, 7) is 0.00553. The van der Waals surface area contributed by atoms with Gasteiger partial charge in [-0.25, -0.2) is 4.39 Å². The predicted octanol–water partition coefficient (Wildman–Crippen LogP) is 0.203. The lowest BCUT2D eigenvalue weighted by atomic mass is 10.4. The molecule has 0 saturated heterocycles. The molecule has 0 aliphatic heterocycles. The fourth-order valence-electron chi connectivity index (χ4n) is 1.33. The molecule has 18 heavy (non-hydrogen) atoms. The smallest absolute Gasteiger partial charge is 0.279 e. The molecule has 0 bridgehead atoms. The van der Waals surface area contributed by atoms with Crippen LogP contribution in [0.3, 0.4) is 0 Å². The van der Waals surface area contributed by atoms with Crippen LogP contribution in [0.5, 0.6) is 0 Å². The number of rotatable bonds is 4. The van der Waals surface area contributed by atoms with Crippen LogP contribution in [0.25, 0.3) is 0 Å². The monoisotopic (exact) mass is 271 g/mol. The number of anilines is 1. The van der Waals surface area contributed by atoms with Crippen LogP contribution in [-0.4, -0.2) is 23.6 Å². The second-order valence-electron chi connectivity index (χ2n) is 3.39. The fourth-order valence-corrected chi connectivity index (χ4v) is 2.54. The maximum atomic E-state index is 13.3. The molecule has 2 aromatic rings. The summed E-state index contributed by atoms with van der Waals surface area (Å²) < 4.78 is 39.3. The molecule has 0 fully saturated rings. The van der Waals surface area contributed by atoms with E-state index in [0.717, 1.165) is 6.20 Å². The van der Waals surface area contributed by atoms with Gasteiger partial charge in [-0.2, -0.15) is 13.5 Å². The average Bonchev–Trinajstić information content (AvgIpc) is 2.81. The highest BCUT2D eigenvalue weighted by molar-refractivity contribution is 7.92. The van der Waals surface area contributed by atoms with Gasteiger partial charge >= 0.3 is 0 Å². The van der Waals surface area contributed by atoms with Gasteiger partial charge < -0.3 is 5.73 Å². The van der Waals surface area contributed by atoms with Crippen molar-refractivity contribution < 1.29 is 12.8 Å². The minimum Gasteiger partial charge on any atom is -0.326 e. The van der Waals surface area contributed by atoms with Gasteiger partial charge in [-0.3, -0.25) is 14.8 Å². The molecule has 0 aliphatic carbocycles. The van der Waals surface area contributed by atoms with E-state index in [0.29, 0.717) is 5.56 Å².